The molecular formula is C22H26O7. The molecule has 0 amide bonds. The van der Waals surface area contributed by atoms with E-state index in [2.05, 4.69) is 0 Å². The molecule has 0 radical (unpaired) electrons. The summed E-state index contributed by atoms with van der Waals surface area (Å²) in [6.07, 6.45) is 1.81. The van der Waals surface area contributed by atoms with Gasteiger partial charge in [-0.2, -0.15) is 0 Å². The first kappa shape index (κ1) is 22.2. The van der Waals surface area contributed by atoms with E-state index in [4.69, 9.17) is 0 Å². The Labute approximate surface area is 169 Å². The molecule has 0 atom stereocenters. The lowest BCUT2D eigenvalue weighted by molar-refractivity contribution is -0.125. The summed E-state index contributed by atoms with van der Waals surface area (Å²) in [7, 11) is 0. The van der Waals surface area contributed by atoms with Crippen molar-refractivity contribution in [3.05, 3.63) is 39.7 Å². The number of hydrogen-bond acceptors (Lipinski definition) is 7. The van der Waals surface area contributed by atoms with Crippen molar-refractivity contribution >= 4 is 17.3 Å². The van der Waals surface area contributed by atoms with Gasteiger partial charge in [-0.25, -0.2) is 0 Å². The quantitative estimate of drug-likeness (QED) is 0.422. The smallest absolute Gasteiger partial charge is 0.179 e. The molecule has 156 valence electrons. The summed E-state index contributed by atoms with van der Waals surface area (Å²) in [6.45, 7) is 7.52. The lowest BCUT2D eigenvalue weighted by Crippen LogP contribution is -2.32. The van der Waals surface area contributed by atoms with Crippen molar-refractivity contribution in [2.45, 2.75) is 53.9 Å². The van der Waals surface area contributed by atoms with Crippen LogP contribution in [0.3, 0.4) is 0 Å². The number of allylic oxidation sites excluding steroid dienone is 3. The van der Waals surface area contributed by atoms with Crippen molar-refractivity contribution in [3.63, 3.8) is 0 Å². The van der Waals surface area contributed by atoms with Crippen molar-refractivity contribution in [2.24, 2.45) is 5.41 Å². The van der Waals surface area contributed by atoms with Crippen LogP contribution in [0.2, 0.25) is 0 Å². The molecule has 0 unspecified atom stereocenters. The molecule has 0 bridgehead atoms. The minimum Gasteiger partial charge on any atom is -0.507 e. The van der Waals surface area contributed by atoms with Crippen LogP contribution < -0.4 is 0 Å². The SMILES string of the molecule is CCCC(=O)c1c(O)c(C)c(O)c(CC2=CC(C)(C)C(=O)C(C(C)=O)=C2O)c1O. The van der Waals surface area contributed by atoms with Gasteiger partial charge in [0.25, 0.3) is 0 Å². The molecule has 7 nitrogen and oxygen atoms in total. The van der Waals surface area contributed by atoms with Gasteiger partial charge in [-0.15, -0.1) is 0 Å². The van der Waals surface area contributed by atoms with Crippen molar-refractivity contribution in [3.8, 4) is 17.2 Å². The lowest BCUT2D eigenvalue weighted by Gasteiger charge is -2.28. The predicted octanol–water partition coefficient (Wildman–Crippen LogP) is 3.57. The number of aromatic hydroxyl groups is 3. The summed E-state index contributed by atoms with van der Waals surface area (Å²) in [5.41, 5.74) is -1.63. The maximum atomic E-state index is 12.5. The third kappa shape index (κ3) is 3.77. The molecule has 29 heavy (non-hydrogen) atoms. The number of benzene rings is 1. The van der Waals surface area contributed by atoms with Gasteiger partial charge in [0.15, 0.2) is 17.3 Å². The van der Waals surface area contributed by atoms with Crippen LogP contribution in [0.15, 0.2) is 23.0 Å². The largest absolute Gasteiger partial charge is 0.507 e. The molecule has 1 aliphatic rings. The Morgan fingerprint density at radius 1 is 1.03 bits per heavy atom. The zero-order valence-corrected chi connectivity index (χ0v) is 17.2. The molecule has 0 aliphatic heterocycles. The van der Waals surface area contributed by atoms with Gasteiger partial charge < -0.3 is 20.4 Å². The molecule has 1 aromatic rings. The minimum absolute atomic E-state index is 0.0132. The zero-order valence-electron chi connectivity index (χ0n) is 17.2. The van der Waals surface area contributed by atoms with Crippen molar-refractivity contribution in [1.82, 2.24) is 0 Å². The van der Waals surface area contributed by atoms with Crippen LogP contribution in [0.1, 0.15) is 62.0 Å². The molecule has 7 heteroatoms. The standard InChI is InChI=1S/C22H26O7/c1-6-7-14(24)16-18(26)10(2)17(25)13(20(16)28)8-12-9-22(4,5)21(29)15(11(3)23)19(12)27/h9,25-28H,6-8H2,1-5H3. The third-order valence-electron chi connectivity index (χ3n) is 5.12. The fraction of sp³-hybridized carbons (Fsp3) is 0.409. The normalized spacial score (nSPS) is 16.0. The molecule has 4 N–H and O–H groups in total. The molecule has 1 aliphatic carbocycles. The number of carbonyl (C=O) groups excluding carboxylic acids is 3. The fourth-order valence-corrected chi connectivity index (χ4v) is 3.50. The highest BCUT2D eigenvalue weighted by atomic mass is 16.3. The van der Waals surface area contributed by atoms with Gasteiger partial charge in [-0.1, -0.05) is 13.0 Å². The summed E-state index contributed by atoms with van der Waals surface area (Å²) >= 11 is 0. The first-order valence-corrected chi connectivity index (χ1v) is 9.35. The maximum Gasteiger partial charge on any atom is 0.179 e. The van der Waals surface area contributed by atoms with Gasteiger partial charge in [0.1, 0.15) is 34.1 Å². The Balaban J connectivity index is 2.69. The fourth-order valence-electron chi connectivity index (χ4n) is 3.50. The highest BCUT2D eigenvalue weighted by Gasteiger charge is 2.38. The first-order chi connectivity index (χ1) is 13.3. The average molecular weight is 402 g/mol. The molecule has 0 saturated heterocycles. The van der Waals surface area contributed by atoms with Gasteiger partial charge in [-0.05, 0) is 39.7 Å². The van der Waals surface area contributed by atoms with Crippen molar-refractivity contribution in [2.75, 3.05) is 0 Å². The number of aliphatic hydroxyl groups excluding tert-OH is 1. The van der Waals surface area contributed by atoms with E-state index in [1.54, 1.807) is 20.8 Å². The van der Waals surface area contributed by atoms with Crippen LogP contribution in [0.4, 0.5) is 0 Å². The highest BCUT2D eigenvalue weighted by Crippen LogP contribution is 2.45. The van der Waals surface area contributed by atoms with Gasteiger partial charge in [0, 0.05) is 29.4 Å². The van der Waals surface area contributed by atoms with Crippen molar-refractivity contribution in [1.29, 1.82) is 0 Å². The van der Waals surface area contributed by atoms with Crippen LogP contribution in [-0.2, 0) is 16.0 Å². The second-order valence-electron chi connectivity index (χ2n) is 7.87. The number of aliphatic hydroxyl groups is 1. The number of hydrogen-bond donors (Lipinski definition) is 4. The van der Waals surface area contributed by atoms with Gasteiger partial charge in [0.05, 0.1) is 0 Å². The van der Waals surface area contributed by atoms with Crippen LogP contribution in [0.25, 0.3) is 0 Å². The van der Waals surface area contributed by atoms with E-state index in [-0.39, 0.29) is 40.7 Å². The number of carbonyl (C=O) groups is 3. The Kier molecular flexibility index (Phi) is 5.92. The molecule has 0 heterocycles. The van der Waals surface area contributed by atoms with Crippen LogP contribution >= 0.6 is 0 Å². The van der Waals surface area contributed by atoms with E-state index in [1.165, 1.54) is 19.9 Å². The Morgan fingerprint density at radius 3 is 2.14 bits per heavy atom. The molecular weight excluding hydrogens is 376 g/mol. The predicted molar refractivity (Wildman–Crippen MR) is 106 cm³/mol. The van der Waals surface area contributed by atoms with Crippen molar-refractivity contribution < 1.29 is 34.8 Å². The summed E-state index contributed by atoms with van der Waals surface area (Å²) in [5.74, 6) is -3.64. The van der Waals surface area contributed by atoms with Crippen LogP contribution in [-0.4, -0.2) is 37.8 Å². The van der Waals surface area contributed by atoms with E-state index in [0.717, 1.165) is 0 Å². The average Bonchev–Trinajstić information content (AvgIpc) is 2.61. The van der Waals surface area contributed by atoms with Crippen LogP contribution in [0, 0.1) is 12.3 Å². The number of Topliss-reactive ketones (excluding diaryl/α,β-unsaturated/α-hetero) is 3. The lowest BCUT2D eigenvalue weighted by atomic mass is 9.75. The second-order valence-corrected chi connectivity index (χ2v) is 7.87. The Morgan fingerprint density at radius 2 is 1.62 bits per heavy atom. The number of rotatable bonds is 6. The summed E-state index contributed by atoms with van der Waals surface area (Å²) in [4.78, 5) is 36.8. The number of phenols is 3. The van der Waals surface area contributed by atoms with E-state index < -0.39 is 45.8 Å². The van der Waals surface area contributed by atoms with E-state index in [0.29, 0.717) is 6.42 Å². The second kappa shape index (κ2) is 7.73. The number of ketones is 3. The molecule has 0 spiro atoms. The molecule has 0 saturated carbocycles. The van der Waals surface area contributed by atoms with Gasteiger partial charge in [-0.3, -0.25) is 14.4 Å². The first-order valence-electron chi connectivity index (χ1n) is 9.35. The number of phenolic OH excluding ortho intramolecular Hbond substituents is 3. The Bertz CT molecular complexity index is 978. The topological polar surface area (TPSA) is 132 Å². The zero-order chi connectivity index (χ0) is 22.3. The maximum absolute atomic E-state index is 12.5. The Hall–Kier alpha value is -3.09. The molecule has 0 aromatic heterocycles. The third-order valence-corrected chi connectivity index (χ3v) is 5.12. The minimum atomic E-state index is -1.08. The monoisotopic (exact) mass is 402 g/mol. The molecule has 0 fully saturated rings. The van der Waals surface area contributed by atoms with Gasteiger partial charge in [0.2, 0.25) is 0 Å². The molecule has 1 aromatic carbocycles. The highest BCUT2D eigenvalue weighted by molar-refractivity contribution is 6.23. The summed E-state index contributed by atoms with van der Waals surface area (Å²) in [6, 6.07) is 0. The van der Waals surface area contributed by atoms with Crippen LogP contribution in [0.5, 0.6) is 17.2 Å². The van der Waals surface area contributed by atoms with E-state index in [1.807, 2.05) is 0 Å². The summed E-state index contributed by atoms with van der Waals surface area (Å²) in [5, 5.41) is 41.9. The van der Waals surface area contributed by atoms with Gasteiger partial charge >= 0.3 is 0 Å². The summed E-state index contributed by atoms with van der Waals surface area (Å²) < 4.78 is 0. The van der Waals surface area contributed by atoms with E-state index in [9.17, 15) is 34.8 Å². The van der Waals surface area contributed by atoms with E-state index >= 15 is 0 Å². The molecule has 2 rings (SSSR count).